The highest BCUT2D eigenvalue weighted by molar-refractivity contribution is 9.10. The van der Waals surface area contributed by atoms with Gasteiger partial charge in [-0.3, -0.25) is 0 Å². The van der Waals surface area contributed by atoms with E-state index in [0.717, 1.165) is 10.0 Å². The van der Waals surface area contributed by atoms with Gasteiger partial charge in [0.15, 0.2) is 0 Å². The summed E-state index contributed by atoms with van der Waals surface area (Å²) in [5.41, 5.74) is 1.25. The number of benzene rings is 2. The Labute approximate surface area is 131 Å². The summed E-state index contributed by atoms with van der Waals surface area (Å²) in [6.45, 7) is 1.70. The lowest BCUT2D eigenvalue weighted by Gasteiger charge is -2.12. The van der Waals surface area contributed by atoms with E-state index >= 15 is 0 Å². The van der Waals surface area contributed by atoms with E-state index in [1.165, 1.54) is 7.11 Å². The minimum absolute atomic E-state index is 0.459. The van der Waals surface area contributed by atoms with Crippen molar-refractivity contribution in [1.29, 1.82) is 5.26 Å². The normalized spacial score (nSPS) is 11.6. The number of methoxy groups -OCH3 is 1. The molecule has 0 saturated heterocycles. The number of rotatable bonds is 4. The van der Waals surface area contributed by atoms with Crippen molar-refractivity contribution in [2.45, 2.75) is 13.0 Å². The van der Waals surface area contributed by atoms with E-state index in [4.69, 9.17) is 14.7 Å². The zero-order valence-electron chi connectivity index (χ0n) is 11.6. The van der Waals surface area contributed by atoms with E-state index < -0.39 is 6.10 Å². The molecule has 1 atom stereocenters. The number of halogens is 1. The van der Waals surface area contributed by atoms with Gasteiger partial charge in [0.2, 0.25) is 0 Å². The average Bonchev–Trinajstić information content (AvgIpc) is 2.48. The number of ether oxygens (including phenoxy) is 2. The molecule has 0 aromatic heterocycles. The monoisotopic (exact) mass is 347 g/mol. The quantitative estimate of drug-likeness (QED) is 0.901. The lowest BCUT2D eigenvalue weighted by Crippen LogP contribution is -1.93. The maximum atomic E-state index is 9.55. The van der Waals surface area contributed by atoms with Crippen LogP contribution in [0.1, 0.15) is 24.2 Å². The number of hydrogen-bond acceptors (Lipinski definition) is 4. The summed E-state index contributed by atoms with van der Waals surface area (Å²) in [5.74, 6) is 1.66. The first-order valence-corrected chi connectivity index (χ1v) is 7.07. The van der Waals surface area contributed by atoms with Crippen LogP contribution in [0.4, 0.5) is 0 Å². The first-order chi connectivity index (χ1) is 10.0. The number of nitrogens with zero attached hydrogens (tertiary/aromatic N) is 1. The Hall–Kier alpha value is -2.03. The molecule has 0 bridgehead atoms. The van der Waals surface area contributed by atoms with Crippen molar-refractivity contribution < 1.29 is 14.6 Å². The minimum Gasteiger partial charge on any atom is -0.497 e. The van der Waals surface area contributed by atoms with Crippen LogP contribution >= 0.6 is 15.9 Å². The van der Waals surface area contributed by atoms with Crippen LogP contribution in [0.5, 0.6) is 17.2 Å². The van der Waals surface area contributed by atoms with Crippen molar-refractivity contribution in [2.75, 3.05) is 7.11 Å². The molecular formula is C16H14BrNO3. The van der Waals surface area contributed by atoms with Crippen LogP contribution in [-0.2, 0) is 0 Å². The van der Waals surface area contributed by atoms with Crippen LogP contribution < -0.4 is 9.47 Å². The third kappa shape index (κ3) is 3.75. The standard InChI is InChI=1S/C16H14BrNO3/c1-10(19)12-3-4-16(15(17)7-12)21-14-6-11(9-18)5-13(8-14)20-2/h3-8,10,19H,1-2H3. The molecule has 2 aromatic carbocycles. The molecular weight excluding hydrogens is 334 g/mol. The van der Waals surface area contributed by atoms with Gasteiger partial charge in [0.25, 0.3) is 0 Å². The fourth-order valence-electron chi connectivity index (χ4n) is 1.80. The molecule has 0 fully saturated rings. The predicted molar refractivity (Wildman–Crippen MR) is 82.6 cm³/mol. The number of aliphatic hydroxyl groups excluding tert-OH is 1. The summed E-state index contributed by atoms with van der Waals surface area (Å²) < 4.78 is 11.6. The van der Waals surface area contributed by atoms with Crippen LogP contribution in [0.3, 0.4) is 0 Å². The smallest absolute Gasteiger partial charge is 0.141 e. The number of aliphatic hydroxyl groups is 1. The molecule has 0 aliphatic carbocycles. The Kier molecular flexibility index (Phi) is 4.84. The largest absolute Gasteiger partial charge is 0.497 e. The van der Waals surface area contributed by atoms with Gasteiger partial charge in [-0.05, 0) is 52.7 Å². The molecule has 5 heteroatoms. The SMILES string of the molecule is COc1cc(C#N)cc(Oc2ccc(C(C)O)cc2Br)c1. The van der Waals surface area contributed by atoms with Crippen LogP contribution in [0.25, 0.3) is 0 Å². The second-order valence-corrected chi connectivity index (χ2v) is 5.33. The van der Waals surface area contributed by atoms with Crippen LogP contribution in [0, 0.1) is 11.3 Å². The highest BCUT2D eigenvalue weighted by Gasteiger charge is 2.09. The molecule has 0 spiro atoms. The Bertz CT molecular complexity index is 692. The van der Waals surface area contributed by atoms with E-state index in [1.54, 1.807) is 43.3 Å². The van der Waals surface area contributed by atoms with Gasteiger partial charge in [0, 0.05) is 6.07 Å². The van der Waals surface area contributed by atoms with Crippen molar-refractivity contribution in [2.24, 2.45) is 0 Å². The summed E-state index contributed by atoms with van der Waals surface area (Å²) in [6, 6.07) is 12.4. The zero-order valence-corrected chi connectivity index (χ0v) is 13.2. The van der Waals surface area contributed by atoms with Crippen LogP contribution in [0.15, 0.2) is 40.9 Å². The highest BCUT2D eigenvalue weighted by Crippen LogP contribution is 2.33. The van der Waals surface area contributed by atoms with E-state index in [2.05, 4.69) is 22.0 Å². The molecule has 4 nitrogen and oxygen atoms in total. The van der Waals surface area contributed by atoms with E-state index in [0.29, 0.717) is 22.8 Å². The fourth-order valence-corrected chi connectivity index (χ4v) is 2.28. The van der Waals surface area contributed by atoms with E-state index in [9.17, 15) is 5.11 Å². The van der Waals surface area contributed by atoms with Gasteiger partial charge in [0.05, 0.1) is 29.3 Å². The molecule has 21 heavy (non-hydrogen) atoms. The molecule has 2 rings (SSSR count). The second kappa shape index (κ2) is 6.61. The first-order valence-electron chi connectivity index (χ1n) is 6.28. The summed E-state index contributed by atoms with van der Waals surface area (Å²) in [4.78, 5) is 0. The molecule has 0 radical (unpaired) electrons. The third-order valence-electron chi connectivity index (χ3n) is 2.91. The van der Waals surface area contributed by atoms with Crippen molar-refractivity contribution in [3.8, 4) is 23.3 Å². The summed E-state index contributed by atoms with van der Waals surface area (Å²) in [7, 11) is 1.54. The predicted octanol–water partition coefficient (Wildman–Crippen LogP) is 4.17. The molecule has 0 saturated carbocycles. The lowest BCUT2D eigenvalue weighted by atomic mass is 10.1. The van der Waals surface area contributed by atoms with Gasteiger partial charge in [0.1, 0.15) is 17.2 Å². The lowest BCUT2D eigenvalue weighted by molar-refractivity contribution is 0.199. The Morgan fingerprint density at radius 1 is 1.19 bits per heavy atom. The average molecular weight is 348 g/mol. The van der Waals surface area contributed by atoms with Gasteiger partial charge in [-0.15, -0.1) is 0 Å². The topological polar surface area (TPSA) is 62.5 Å². The number of nitriles is 1. The van der Waals surface area contributed by atoms with Gasteiger partial charge in [-0.1, -0.05) is 6.07 Å². The highest BCUT2D eigenvalue weighted by atomic mass is 79.9. The van der Waals surface area contributed by atoms with E-state index in [1.807, 2.05) is 0 Å². The van der Waals surface area contributed by atoms with Crippen molar-refractivity contribution in [3.05, 3.63) is 52.0 Å². The molecule has 0 heterocycles. The molecule has 0 aliphatic heterocycles. The van der Waals surface area contributed by atoms with Crippen LogP contribution in [0.2, 0.25) is 0 Å². The Balaban J connectivity index is 2.32. The summed E-state index contributed by atoms with van der Waals surface area (Å²) in [5, 5.41) is 18.6. The van der Waals surface area contributed by atoms with Crippen LogP contribution in [-0.4, -0.2) is 12.2 Å². The molecule has 108 valence electrons. The van der Waals surface area contributed by atoms with Gasteiger partial charge < -0.3 is 14.6 Å². The number of hydrogen-bond donors (Lipinski definition) is 1. The maximum absolute atomic E-state index is 9.55. The molecule has 0 aliphatic rings. The van der Waals surface area contributed by atoms with Gasteiger partial charge >= 0.3 is 0 Å². The fraction of sp³-hybridized carbons (Fsp3) is 0.188. The van der Waals surface area contributed by atoms with Gasteiger partial charge in [-0.25, -0.2) is 0 Å². The second-order valence-electron chi connectivity index (χ2n) is 4.48. The third-order valence-corrected chi connectivity index (χ3v) is 3.53. The molecule has 1 unspecified atom stereocenters. The molecule has 0 amide bonds. The molecule has 1 N–H and O–H groups in total. The Morgan fingerprint density at radius 3 is 2.48 bits per heavy atom. The van der Waals surface area contributed by atoms with Crippen molar-refractivity contribution in [3.63, 3.8) is 0 Å². The van der Waals surface area contributed by atoms with Crippen molar-refractivity contribution in [1.82, 2.24) is 0 Å². The maximum Gasteiger partial charge on any atom is 0.141 e. The minimum atomic E-state index is -0.544. The molecule has 2 aromatic rings. The summed E-state index contributed by atoms with van der Waals surface area (Å²) >= 11 is 3.41. The zero-order chi connectivity index (χ0) is 15.4. The van der Waals surface area contributed by atoms with Gasteiger partial charge in [-0.2, -0.15) is 5.26 Å². The summed E-state index contributed by atoms with van der Waals surface area (Å²) in [6.07, 6.45) is -0.544. The first kappa shape index (κ1) is 15.4. The van der Waals surface area contributed by atoms with E-state index in [-0.39, 0.29) is 0 Å². The Morgan fingerprint density at radius 2 is 1.90 bits per heavy atom. The van der Waals surface area contributed by atoms with Crippen molar-refractivity contribution >= 4 is 15.9 Å².